The molecule has 2 aromatic heterocycles. The number of amides is 1. The van der Waals surface area contributed by atoms with Crippen LogP contribution < -0.4 is 10.5 Å². The summed E-state index contributed by atoms with van der Waals surface area (Å²) in [5.74, 6) is 0.544. The third kappa shape index (κ3) is 3.75. The van der Waals surface area contributed by atoms with Crippen molar-refractivity contribution >= 4 is 11.9 Å². The molecule has 9 heteroatoms. The first-order valence-electron chi connectivity index (χ1n) is 9.63. The first-order valence-corrected chi connectivity index (χ1v) is 9.63. The van der Waals surface area contributed by atoms with Gasteiger partial charge in [-0.1, -0.05) is 0 Å². The monoisotopic (exact) mass is 384 g/mol. The van der Waals surface area contributed by atoms with Crippen LogP contribution in [0.5, 0.6) is 0 Å². The molecule has 0 aromatic carbocycles. The molecule has 4 heterocycles. The van der Waals surface area contributed by atoms with Gasteiger partial charge in [0.2, 0.25) is 5.95 Å². The second kappa shape index (κ2) is 8.05. The number of morpholine rings is 1. The Bertz CT molecular complexity index is 894. The highest BCUT2D eigenvalue weighted by molar-refractivity contribution is 5.82. The van der Waals surface area contributed by atoms with Crippen molar-refractivity contribution in [3.63, 3.8) is 0 Å². The Labute approximate surface area is 163 Å². The highest BCUT2D eigenvalue weighted by Gasteiger charge is 2.32. The Morgan fingerprint density at radius 3 is 2.75 bits per heavy atom. The number of piperidine rings is 1. The molecule has 4 rings (SSSR count). The van der Waals surface area contributed by atoms with E-state index in [1.807, 2.05) is 9.80 Å². The quantitative estimate of drug-likeness (QED) is 0.759. The van der Waals surface area contributed by atoms with E-state index in [-0.39, 0.29) is 11.5 Å². The number of rotatable bonds is 3. The van der Waals surface area contributed by atoms with Crippen LogP contribution in [0.3, 0.4) is 0 Å². The van der Waals surface area contributed by atoms with Crippen molar-refractivity contribution in [1.82, 2.24) is 24.4 Å². The Morgan fingerprint density at radius 1 is 1.18 bits per heavy atom. The van der Waals surface area contributed by atoms with E-state index in [9.17, 15) is 9.59 Å². The van der Waals surface area contributed by atoms with E-state index in [0.717, 1.165) is 25.9 Å². The van der Waals surface area contributed by atoms with Crippen molar-refractivity contribution in [1.29, 1.82) is 0 Å². The topological polar surface area (TPSA) is 93.4 Å². The standard InChI is InChI=1S/C19H24N6O3/c1-23-17(26)11-15(14-5-6-20-13-21-14)22-19(23)25-9-10-28-16(12-25)18(27)24-7-3-2-4-8-24/h5-6,11,13,16H,2-4,7-10,12H2,1H3. The van der Waals surface area contributed by atoms with E-state index >= 15 is 0 Å². The summed E-state index contributed by atoms with van der Waals surface area (Å²) in [6.45, 7) is 2.94. The maximum absolute atomic E-state index is 12.8. The number of ether oxygens (including phenoxy) is 1. The number of hydrogen-bond acceptors (Lipinski definition) is 7. The minimum absolute atomic E-state index is 0.0290. The number of hydrogen-bond donors (Lipinski definition) is 0. The summed E-state index contributed by atoms with van der Waals surface area (Å²) in [6, 6.07) is 3.18. The van der Waals surface area contributed by atoms with Crippen LogP contribution in [0.1, 0.15) is 19.3 Å². The number of likely N-dealkylation sites (tertiary alicyclic amines) is 1. The van der Waals surface area contributed by atoms with Gasteiger partial charge in [0.25, 0.3) is 11.5 Å². The van der Waals surface area contributed by atoms with Crippen molar-refractivity contribution in [2.24, 2.45) is 7.05 Å². The fourth-order valence-electron chi connectivity index (χ4n) is 3.68. The molecule has 28 heavy (non-hydrogen) atoms. The Kier molecular flexibility index (Phi) is 5.34. The van der Waals surface area contributed by atoms with Gasteiger partial charge < -0.3 is 14.5 Å². The third-order valence-electron chi connectivity index (χ3n) is 5.25. The highest BCUT2D eigenvalue weighted by Crippen LogP contribution is 2.20. The molecule has 2 fully saturated rings. The smallest absolute Gasteiger partial charge is 0.255 e. The maximum atomic E-state index is 12.8. The molecule has 0 N–H and O–H groups in total. The number of aromatic nitrogens is 4. The van der Waals surface area contributed by atoms with Crippen molar-refractivity contribution in [3.8, 4) is 11.4 Å². The van der Waals surface area contributed by atoms with E-state index in [2.05, 4.69) is 15.0 Å². The van der Waals surface area contributed by atoms with E-state index in [1.165, 1.54) is 23.4 Å². The highest BCUT2D eigenvalue weighted by atomic mass is 16.5. The van der Waals surface area contributed by atoms with E-state index in [4.69, 9.17) is 4.74 Å². The lowest BCUT2D eigenvalue weighted by molar-refractivity contribution is -0.145. The first-order chi connectivity index (χ1) is 13.6. The lowest BCUT2D eigenvalue weighted by atomic mass is 10.1. The van der Waals surface area contributed by atoms with Crippen molar-refractivity contribution in [2.45, 2.75) is 25.4 Å². The summed E-state index contributed by atoms with van der Waals surface area (Å²) in [7, 11) is 1.69. The SMILES string of the molecule is Cn1c(N2CCOC(C(=O)N3CCCCC3)C2)nc(-c2ccncn2)cc1=O. The maximum Gasteiger partial charge on any atom is 0.255 e. The third-order valence-corrected chi connectivity index (χ3v) is 5.25. The number of nitrogens with zero attached hydrogens (tertiary/aromatic N) is 6. The van der Waals surface area contributed by atoms with Crippen molar-refractivity contribution in [2.75, 3.05) is 37.7 Å². The molecule has 2 aliphatic heterocycles. The van der Waals surface area contributed by atoms with Gasteiger partial charge in [0.15, 0.2) is 6.10 Å². The predicted octanol–water partition coefficient (Wildman–Crippen LogP) is 0.455. The van der Waals surface area contributed by atoms with Crippen LogP contribution in [0, 0.1) is 0 Å². The molecule has 9 nitrogen and oxygen atoms in total. The largest absolute Gasteiger partial charge is 0.365 e. The van der Waals surface area contributed by atoms with E-state index in [0.29, 0.717) is 37.0 Å². The molecule has 0 bridgehead atoms. The lowest BCUT2D eigenvalue weighted by Gasteiger charge is -2.37. The van der Waals surface area contributed by atoms with Gasteiger partial charge in [0, 0.05) is 38.9 Å². The van der Waals surface area contributed by atoms with Gasteiger partial charge in [0.1, 0.15) is 6.33 Å². The van der Waals surface area contributed by atoms with Crippen LogP contribution in [0.2, 0.25) is 0 Å². The second-order valence-electron chi connectivity index (χ2n) is 7.12. The molecule has 2 aromatic rings. The van der Waals surface area contributed by atoms with Gasteiger partial charge in [-0.3, -0.25) is 14.2 Å². The summed E-state index contributed by atoms with van der Waals surface area (Å²) in [6.07, 6.45) is 5.76. The van der Waals surface area contributed by atoms with Crippen LogP contribution in [0.25, 0.3) is 11.4 Å². The van der Waals surface area contributed by atoms with Crippen LogP contribution in [0.15, 0.2) is 29.5 Å². The summed E-state index contributed by atoms with van der Waals surface area (Å²) in [5, 5.41) is 0. The molecule has 148 valence electrons. The molecule has 1 unspecified atom stereocenters. The average Bonchev–Trinajstić information content (AvgIpc) is 2.76. The summed E-state index contributed by atoms with van der Waals surface area (Å²) in [4.78, 5) is 41.9. The molecule has 2 aliphatic rings. The zero-order valence-corrected chi connectivity index (χ0v) is 16.0. The molecule has 1 atom stereocenters. The molecule has 0 saturated carbocycles. The summed E-state index contributed by atoms with van der Waals surface area (Å²) in [5.41, 5.74) is 0.901. The minimum Gasteiger partial charge on any atom is -0.365 e. The van der Waals surface area contributed by atoms with Gasteiger partial charge in [-0.15, -0.1) is 0 Å². The molecule has 0 spiro atoms. The van der Waals surface area contributed by atoms with Crippen LogP contribution in [0.4, 0.5) is 5.95 Å². The predicted molar refractivity (Wildman–Crippen MR) is 103 cm³/mol. The molecule has 0 radical (unpaired) electrons. The van der Waals surface area contributed by atoms with Crippen LogP contribution >= 0.6 is 0 Å². The fraction of sp³-hybridized carbons (Fsp3) is 0.526. The second-order valence-corrected chi connectivity index (χ2v) is 7.12. The van der Waals surface area contributed by atoms with Crippen molar-refractivity contribution < 1.29 is 9.53 Å². The Hall–Kier alpha value is -2.81. The molecule has 0 aliphatic carbocycles. The zero-order chi connectivity index (χ0) is 19.5. The normalized spacial score (nSPS) is 20.2. The zero-order valence-electron chi connectivity index (χ0n) is 16.0. The van der Waals surface area contributed by atoms with Gasteiger partial charge in [-0.05, 0) is 25.3 Å². The lowest BCUT2D eigenvalue weighted by Crippen LogP contribution is -2.53. The van der Waals surface area contributed by atoms with Gasteiger partial charge in [0.05, 0.1) is 24.5 Å². The van der Waals surface area contributed by atoms with Crippen LogP contribution in [-0.2, 0) is 16.6 Å². The Morgan fingerprint density at radius 2 is 2.00 bits per heavy atom. The molecule has 2 saturated heterocycles. The summed E-state index contributed by atoms with van der Waals surface area (Å²) >= 11 is 0. The van der Waals surface area contributed by atoms with Gasteiger partial charge in [-0.25, -0.2) is 15.0 Å². The molecule has 1 amide bonds. The average molecular weight is 384 g/mol. The first kappa shape index (κ1) is 18.5. The van der Waals surface area contributed by atoms with Gasteiger partial charge in [-0.2, -0.15) is 0 Å². The minimum atomic E-state index is -0.536. The van der Waals surface area contributed by atoms with E-state index in [1.54, 1.807) is 19.3 Å². The Balaban J connectivity index is 1.58. The molecular weight excluding hydrogens is 360 g/mol. The number of carbonyl (C=O) groups is 1. The fourth-order valence-corrected chi connectivity index (χ4v) is 3.68. The summed E-state index contributed by atoms with van der Waals surface area (Å²) < 4.78 is 7.26. The van der Waals surface area contributed by atoms with Crippen molar-refractivity contribution in [3.05, 3.63) is 35.0 Å². The number of carbonyl (C=O) groups excluding carboxylic acids is 1. The van der Waals surface area contributed by atoms with Gasteiger partial charge >= 0.3 is 0 Å². The van der Waals surface area contributed by atoms with E-state index < -0.39 is 6.10 Å². The number of anilines is 1. The molecular formula is C19H24N6O3. The van der Waals surface area contributed by atoms with Crippen LogP contribution in [-0.4, -0.2) is 69.2 Å².